The lowest BCUT2D eigenvalue weighted by molar-refractivity contribution is -0.117. The van der Waals surface area contributed by atoms with Crippen LogP contribution >= 0.6 is 0 Å². The lowest BCUT2D eigenvalue weighted by atomic mass is 9.64. The molecule has 0 unspecified atom stereocenters. The van der Waals surface area contributed by atoms with Crippen LogP contribution in [0, 0.1) is 17.3 Å². The highest BCUT2D eigenvalue weighted by molar-refractivity contribution is 5.91. The topological polar surface area (TPSA) is 37.3 Å². The van der Waals surface area contributed by atoms with E-state index in [2.05, 4.69) is 13.8 Å². The zero-order valence-corrected chi connectivity index (χ0v) is 11.4. The minimum Gasteiger partial charge on any atom is -0.390 e. The Hall–Kier alpha value is -0.630. The maximum atomic E-state index is 11.6. The van der Waals surface area contributed by atoms with Gasteiger partial charge in [-0.3, -0.25) is 4.79 Å². The molecule has 0 aromatic carbocycles. The molecule has 0 bridgehead atoms. The van der Waals surface area contributed by atoms with Crippen LogP contribution in [0.1, 0.15) is 53.4 Å². The lowest BCUT2D eigenvalue weighted by Gasteiger charge is -2.40. The summed E-state index contributed by atoms with van der Waals surface area (Å²) in [6.07, 6.45) is 5.75. The van der Waals surface area contributed by atoms with Crippen molar-refractivity contribution in [2.24, 2.45) is 17.3 Å². The van der Waals surface area contributed by atoms with Crippen LogP contribution in [-0.4, -0.2) is 16.5 Å². The molecule has 0 aromatic heterocycles. The van der Waals surface area contributed by atoms with Crippen LogP contribution in [-0.2, 0) is 4.79 Å². The second-order valence-corrected chi connectivity index (χ2v) is 6.65. The van der Waals surface area contributed by atoms with E-state index in [1.165, 1.54) is 5.57 Å². The molecule has 1 saturated carbocycles. The Bertz CT molecular complexity index is 362. The van der Waals surface area contributed by atoms with Gasteiger partial charge in [0, 0.05) is 6.42 Å². The molecular formula is C15H24O2. The van der Waals surface area contributed by atoms with E-state index in [0.29, 0.717) is 18.3 Å². The fourth-order valence-electron chi connectivity index (χ4n) is 3.81. The van der Waals surface area contributed by atoms with Gasteiger partial charge in [-0.15, -0.1) is 0 Å². The molecule has 2 rings (SSSR count). The Morgan fingerprint density at radius 1 is 1.47 bits per heavy atom. The predicted molar refractivity (Wildman–Crippen MR) is 68.6 cm³/mol. The first-order chi connectivity index (χ1) is 7.75. The molecule has 96 valence electrons. The summed E-state index contributed by atoms with van der Waals surface area (Å²) >= 11 is 0. The van der Waals surface area contributed by atoms with Gasteiger partial charge in [-0.2, -0.15) is 0 Å². The largest absolute Gasteiger partial charge is 0.390 e. The SMILES string of the molecule is CC1=CC(=O)C[C@H](C)[C@@]12CC[C@H](C(C)(C)O)C2. The predicted octanol–water partition coefficient (Wildman–Crippen LogP) is 3.10. The van der Waals surface area contributed by atoms with Gasteiger partial charge in [0.15, 0.2) is 5.78 Å². The van der Waals surface area contributed by atoms with Crippen molar-refractivity contribution >= 4 is 5.78 Å². The smallest absolute Gasteiger partial charge is 0.155 e. The van der Waals surface area contributed by atoms with E-state index < -0.39 is 5.60 Å². The van der Waals surface area contributed by atoms with Crippen LogP contribution in [0.5, 0.6) is 0 Å². The Labute approximate surface area is 104 Å². The van der Waals surface area contributed by atoms with E-state index in [0.717, 1.165) is 19.3 Å². The molecule has 3 atom stereocenters. The van der Waals surface area contributed by atoms with Crippen molar-refractivity contribution in [3.63, 3.8) is 0 Å². The number of hydrogen-bond donors (Lipinski definition) is 1. The maximum Gasteiger partial charge on any atom is 0.155 e. The molecule has 0 amide bonds. The number of carbonyl (C=O) groups excluding carboxylic acids is 1. The van der Waals surface area contributed by atoms with Gasteiger partial charge < -0.3 is 5.11 Å². The first kappa shape index (κ1) is 12.8. The Balaban J connectivity index is 2.27. The van der Waals surface area contributed by atoms with Crippen molar-refractivity contribution in [3.8, 4) is 0 Å². The average Bonchev–Trinajstić information content (AvgIpc) is 2.59. The number of carbonyl (C=O) groups is 1. The number of ketones is 1. The molecule has 2 heteroatoms. The molecular weight excluding hydrogens is 212 g/mol. The monoisotopic (exact) mass is 236 g/mol. The molecule has 2 nitrogen and oxygen atoms in total. The van der Waals surface area contributed by atoms with Crippen molar-refractivity contribution in [1.29, 1.82) is 0 Å². The highest BCUT2D eigenvalue weighted by Gasteiger charge is 2.49. The third-order valence-corrected chi connectivity index (χ3v) is 5.16. The molecule has 0 radical (unpaired) electrons. The zero-order valence-electron chi connectivity index (χ0n) is 11.4. The van der Waals surface area contributed by atoms with Gasteiger partial charge in [-0.25, -0.2) is 0 Å². The third-order valence-electron chi connectivity index (χ3n) is 5.16. The fraction of sp³-hybridized carbons (Fsp3) is 0.800. The summed E-state index contributed by atoms with van der Waals surface area (Å²) in [4.78, 5) is 11.6. The van der Waals surface area contributed by atoms with Crippen LogP contribution in [0.2, 0.25) is 0 Å². The highest BCUT2D eigenvalue weighted by atomic mass is 16.3. The second-order valence-electron chi connectivity index (χ2n) is 6.65. The second kappa shape index (κ2) is 3.94. The van der Waals surface area contributed by atoms with Crippen LogP contribution in [0.15, 0.2) is 11.6 Å². The Kier molecular flexibility index (Phi) is 2.97. The van der Waals surface area contributed by atoms with E-state index in [4.69, 9.17) is 0 Å². The van der Waals surface area contributed by atoms with Gasteiger partial charge in [-0.1, -0.05) is 12.5 Å². The molecule has 1 fully saturated rings. The van der Waals surface area contributed by atoms with Crippen molar-refractivity contribution in [2.45, 2.75) is 59.0 Å². The normalized spacial score (nSPS) is 38.6. The summed E-state index contributed by atoms with van der Waals surface area (Å²) in [6.45, 7) is 8.12. The quantitative estimate of drug-likeness (QED) is 0.759. The Morgan fingerprint density at radius 2 is 2.12 bits per heavy atom. The number of hydrogen-bond acceptors (Lipinski definition) is 2. The summed E-state index contributed by atoms with van der Waals surface area (Å²) in [5.74, 6) is 1.06. The number of rotatable bonds is 1. The molecule has 0 heterocycles. The fourth-order valence-corrected chi connectivity index (χ4v) is 3.81. The van der Waals surface area contributed by atoms with Gasteiger partial charge >= 0.3 is 0 Å². The Morgan fingerprint density at radius 3 is 2.59 bits per heavy atom. The van der Waals surface area contributed by atoms with Crippen LogP contribution < -0.4 is 0 Å². The van der Waals surface area contributed by atoms with E-state index >= 15 is 0 Å². The molecule has 0 aromatic rings. The highest BCUT2D eigenvalue weighted by Crippen LogP contribution is 2.56. The van der Waals surface area contributed by atoms with Crippen LogP contribution in [0.3, 0.4) is 0 Å². The van der Waals surface area contributed by atoms with Crippen molar-refractivity contribution in [1.82, 2.24) is 0 Å². The average molecular weight is 236 g/mol. The summed E-state index contributed by atoms with van der Waals surface area (Å²) in [7, 11) is 0. The van der Waals surface area contributed by atoms with Gasteiger partial charge in [0.1, 0.15) is 0 Å². The standard InChI is InChI=1S/C15H24O2/c1-10-7-13(16)8-11(2)15(10)6-5-12(9-15)14(3,4)17/h7,11-12,17H,5-6,8-9H2,1-4H3/t11-,12-,15+/m0/s1. The van der Waals surface area contributed by atoms with E-state index in [-0.39, 0.29) is 11.2 Å². The zero-order chi connectivity index (χ0) is 12.8. The minimum absolute atomic E-state index is 0.179. The molecule has 2 aliphatic rings. The minimum atomic E-state index is -0.592. The van der Waals surface area contributed by atoms with Crippen LogP contribution in [0.25, 0.3) is 0 Å². The molecule has 1 N–H and O–H groups in total. The number of aliphatic hydroxyl groups is 1. The third kappa shape index (κ3) is 2.08. The summed E-state index contributed by atoms with van der Waals surface area (Å²) in [5.41, 5.74) is 0.830. The first-order valence-electron chi connectivity index (χ1n) is 6.70. The molecule has 0 aliphatic heterocycles. The molecule has 17 heavy (non-hydrogen) atoms. The summed E-state index contributed by atoms with van der Waals surface area (Å²) in [5, 5.41) is 10.2. The number of allylic oxidation sites excluding steroid dienone is 2. The summed E-state index contributed by atoms with van der Waals surface area (Å²) < 4.78 is 0. The van der Waals surface area contributed by atoms with Crippen LogP contribution in [0.4, 0.5) is 0 Å². The van der Waals surface area contributed by atoms with Gasteiger partial charge in [-0.05, 0) is 63.4 Å². The maximum absolute atomic E-state index is 11.6. The molecule has 1 spiro atoms. The summed E-state index contributed by atoms with van der Waals surface area (Å²) in [6, 6.07) is 0. The first-order valence-corrected chi connectivity index (χ1v) is 6.70. The van der Waals surface area contributed by atoms with Gasteiger partial charge in [0.05, 0.1) is 5.60 Å². The van der Waals surface area contributed by atoms with Crippen molar-refractivity contribution in [3.05, 3.63) is 11.6 Å². The van der Waals surface area contributed by atoms with Crippen molar-refractivity contribution < 1.29 is 9.90 Å². The van der Waals surface area contributed by atoms with E-state index in [1.54, 1.807) is 0 Å². The van der Waals surface area contributed by atoms with Gasteiger partial charge in [0.2, 0.25) is 0 Å². The van der Waals surface area contributed by atoms with Gasteiger partial charge in [0.25, 0.3) is 0 Å². The van der Waals surface area contributed by atoms with E-state index in [9.17, 15) is 9.90 Å². The molecule has 2 aliphatic carbocycles. The lowest BCUT2D eigenvalue weighted by Crippen LogP contribution is -2.35. The van der Waals surface area contributed by atoms with Crippen molar-refractivity contribution in [2.75, 3.05) is 0 Å². The molecule has 0 saturated heterocycles. The van der Waals surface area contributed by atoms with E-state index in [1.807, 2.05) is 19.9 Å².